The van der Waals surface area contributed by atoms with Gasteiger partial charge in [-0.15, -0.1) is 0 Å². The molecular weight excluding hydrogens is 300 g/mol. The Morgan fingerprint density at radius 3 is 1.82 bits per heavy atom. The van der Waals surface area contributed by atoms with Crippen LogP contribution in [0, 0.1) is 0 Å². The van der Waals surface area contributed by atoms with Crippen LogP contribution in [0.1, 0.15) is 52.7 Å². The molecule has 0 unspecified atom stereocenters. The second-order valence-corrected chi connectivity index (χ2v) is 8.53. The summed E-state index contributed by atoms with van der Waals surface area (Å²) in [5.41, 5.74) is 1.88. The van der Waals surface area contributed by atoms with Gasteiger partial charge in [0.25, 0.3) is 0 Å². The number of rotatable bonds is 4. The largest absolute Gasteiger partial charge is 0.480 e. The van der Waals surface area contributed by atoms with Crippen molar-refractivity contribution in [1.29, 1.82) is 0 Å². The molecule has 0 aliphatic carbocycles. The molecule has 0 amide bonds. The van der Waals surface area contributed by atoms with Crippen LogP contribution in [0.25, 0.3) is 0 Å². The molecular formula is C17H24O4S. The topological polar surface area (TPSA) is 74.6 Å². The minimum Gasteiger partial charge on any atom is -0.480 e. The van der Waals surface area contributed by atoms with Gasteiger partial charge in [0, 0.05) is 4.90 Å². The number of benzene rings is 1. The van der Waals surface area contributed by atoms with Gasteiger partial charge in [0.1, 0.15) is 0 Å². The van der Waals surface area contributed by atoms with Gasteiger partial charge in [0.05, 0.1) is 0 Å². The van der Waals surface area contributed by atoms with E-state index in [9.17, 15) is 9.59 Å². The Hall–Kier alpha value is -1.49. The number of carboxylic acid groups (broad SMARTS) is 2. The summed E-state index contributed by atoms with van der Waals surface area (Å²) < 4.78 is 0. The second-order valence-electron chi connectivity index (χ2n) is 7.39. The Morgan fingerprint density at radius 1 is 0.955 bits per heavy atom. The molecule has 0 heterocycles. The lowest BCUT2D eigenvalue weighted by molar-refractivity contribution is -0.146. The highest BCUT2D eigenvalue weighted by Gasteiger charge is 2.30. The fourth-order valence-corrected chi connectivity index (χ4v) is 3.11. The standard InChI is InChI=1S/C17H24O4S/c1-16(2,3)10-7-8-12(11(9-10)17(4,5)6)22-13(14(18)19)15(20)21/h7-9,13H,1-6H3,(H,18,19)(H,20,21). The van der Waals surface area contributed by atoms with Gasteiger partial charge < -0.3 is 10.2 Å². The second kappa shape index (κ2) is 6.32. The van der Waals surface area contributed by atoms with Crippen molar-refractivity contribution in [2.24, 2.45) is 0 Å². The van der Waals surface area contributed by atoms with E-state index < -0.39 is 17.2 Å². The Bertz CT molecular complexity index is 565. The third-order valence-corrected chi connectivity index (χ3v) is 4.60. The molecule has 5 heteroatoms. The van der Waals surface area contributed by atoms with E-state index in [4.69, 9.17) is 10.2 Å². The first kappa shape index (κ1) is 18.6. The highest BCUT2D eigenvalue weighted by Crippen LogP contribution is 2.37. The van der Waals surface area contributed by atoms with E-state index in [-0.39, 0.29) is 10.8 Å². The fraction of sp³-hybridized carbons (Fsp3) is 0.529. The van der Waals surface area contributed by atoms with Gasteiger partial charge in [-0.3, -0.25) is 9.59 Å². The quantitative estimate of drug-likeness (QED) is 0.649. The Labute approximate surface area is 135 Å². The van der Waals surface area contributed by atoms with Crippen molar-refractivity contribution in [1.82, 2.24) is 0 Å². The Balaban J connectivity index is 3.36. The number of aliphatic carboxylic acids is 2. The zero-order valence-corrected chi connectivity index (χ0v) is 14.7. The van der Waals surface area contributed by atoms with E-state index in [1.54, 1.807) is 0 Å². The molecule has 0 fully saturated rings. The van der Waals surface area contributed by atoms with Gasteiger partial charge in [0.2, 0.25) is 5.25 Å². The third kappa shape index (κ3) is 4.50. The summed E-state index contributed by atoms with van der Waals surface area (Å²) in [6.45, 7) is 12.4. The predicted molar refractivity (Wildman–Crippen MR) is 88.8 cm³/mol. The zero-order chi connectivity index (χ0) is 17.3. The predicted octanol–water partition coefficient (Wildman–Crippen LogP) is 3.91. The summed E-state index contributed by atoms with van der Waals surface area (Å²) in [6, 6.07) is 5.84. The molecule has 0 spiro atoms. The van der Waals surface area contributed by atoms with Crippen LogP contribution in [-0.2, 0) is 20.4 Å². The molecule has 0 aliphatic heterocycles. The maximum Gasteiger partial charge on any atom is 0.328 e. The van der Waals surface area contributed by atoms with Crippen molar-refractivity contribution in [3.05, 3.63) is 29.3 Å². The molecule has 4 nitrogen and oxygen atoms in total. The number of thioether (sulfide) groups is 1. The molecule has 0 aliphatic rings. The van der Waals surface area contributed by atoms with Crippen molar-refractivity contribution < 1.29 is 19.8 Å². The Morgan fingerprint density at radius 2 is 1.45 bits per heavy atom. The van der Waals surface area contributed by atoms with Crippen LogP contribution in [0.4, 0.5) is 0 Å². The van der Waals surface area contributed by atoms with Crippen LogP contribution in [0.3, 0.4) is 0 Å². The maximum absolute atomic E-state index is 11.1. The summed E-state index contributed by atoms with van der Waals surface area (Å²) in [6.07, 6.45) is 0. The molecule has 0 saturated heterocycles. The molecule has 1 aromatic carbocycles. The highest BCUT2D eigenvalue weighted by atomic mass is 32.2. The first-order valence-electron chi connectivity index (χ1n) is 7.11. The molecule has 2 N–H and O–H groups in total. The lowest BCUT2D eigenvalue weighted by Gasteiger charge is -2.27. The van der Waals surface area contributed by atoms with Crippen molar-refractivity contribution in [3.63, 3.8) is 0 Å². The van der Waals surface area contributed by atoms with E-state index >= 15 is 0 Å². The molecule has 0 aromatic heterocycles. The lowest BCUT2D eigenvalue weighted by Crippen LogP contribution is -2.27. The zero-order valence-electron chi connectivity index (χ0n) is 13.9. The smallest absolute Gasteiger partial charge is 0.328 e. The lowest BCUT2D eigenvalue weighted by atomic mass is 9.81. The van der Waals surface area contributed by atoms with Crippen molar-refractivity contribution in [3.8, 4) is 0 Å². The molecule has 0 atom stereocenters. The molecule has 0 saturated carbocycles. The highest BCUT2D eigenvalue weighted by molar-refractivity contribution is 8.01. The third-order valence-electron chi connectivity index (χ3n) is 3.35. The van der Waals surface area contributed by atoms with E-state index in [1.807, 2.05) is 32.9 Å². The fourth-order valence-electron chi connectivity index (χ4n) is 2.02. The molecule has 122 valence electrons. The van der Waals surface area contributed by atoms with Crippen LogP contribution in [0.5, 0.6) is 0 Å². The van der Waals surface area contributed by atoms with Gasteiger partial charge in [0.15, 0.2) is 0 Å². The SMILES string of the molecule is CC(C)(C)c1ccc(SC(C(=O)O)C(=O)O)c(C(C)(C)C)c1. The van der Waals surface area contributed by atoms with E-state index in [0.29, 0.717) is 4.90 Å². The van der Waals surface area contributed by atoms with Crippen molar-refractivity contribution in [2.75, 3.05) is 0 Å². The summed E-state index contributed by atoms with van der Waals surface area (Å²) in [4.78, 5) is 23.0. The number of hydrogen-bond donors (Lipinski definition) is 2. The number of hydrogen-bond acceptors (Lipinski definition) is 3. The van der Waals surface area contributed by atoms with Gasteiger partial charge in [-0.1, -0.05) is 65.4 Å². The molecule has 0 radical (unpaired) electrons. The first-order chi connectivity index (χ1) is 9.84. The average molecular weight is 324 g/mol. The average Bonchev–Trinajstić information content (AvgIpc) is 2.32. The summed E-state index contributed by atoms with van der Waals surface area (Å²) >= 11 is 0.879. The van der Waals surface area contributed by atoms with E-state index in [0.717, 1.165) is 22.9 Å². The van der Waals surface area contributed by atoms with Crippen LogP contribution >= 0.6 is 11.8 Å². The van der Waals surface area contributed by atoms with Crippen LogP contribution < -0.4 is 0 Å². The van der Waals surface area contributed by atoms with Crippen molar-refractivity contribution in [2.45, 2.75) is 62.5 Å². The first-order valence-corrected chi connectivity index (χ1v) is 7.99. The molecule has 1 rings (SSSR count). The molecule has 22 heavy (non-hydrogen) atoms. The van der Waals surface area contributed by atoms with Crippen LogP contribution in [0.15, 0.2) is 23.1 Å². The van der Waals surface area contributed by atoms with E-state index in [1.165, 1.54) is 0 Å². The van der Waals surface area contributed by atoms with Gasteiger partial charge in [-0.2, -0.15) is 0 Å². The minimum absolute atomic E-state index is 0.0256. The number of carbonyl (C=O) groups is 2. The monoisotopic (exact) mass is 324 g/mol. The number of carboxylic acids is 2. The van der Waals surface area contributed by atoms with Crippen LogP contribution in [-0.4, -0.2) is 27.4 Å². The van der Waals surface area contributed by atoms with Gasteiger partial charge in [-0.05, 0) is 28.0 Å². The summed E-state index contributed by atoms with van der Waals surface area (Å²) in [5, 5.41) is 16.7. The summed E-state index contributed by atoms with van der Waals surface area (Å²) in [5.74, 6) is -2.67. The molecule has 1 aromatic rings. The minimum atomic E-state index is -1.50. The molecule has 0 bridgehead atoms. The maximum atomic E-state index is 11.1. The van der Waals surface area contributed by atoms with Crippen LogP contribution in [0.2, 0.25) is 0 Å². The van der Waals surface area contributed by atoms with Crippen molar-refractivity contribution >= 4 is 23.7 Å². The van der Waals surface area contributed by atoms with E-state index in [2.05, 4.69) is 26.8 Å². The Kier molecular flexibility index (Phi) is 5.34. The van der Waals surface area contributed by atoms with Gasteiger partial charge in [-0.25, -0.2) is 0 Å². The normalized spacial score (nSPS) is 12.5. The summed E-state index contributed by atoms with van der Waals surface area (Å²) in [7, 11) is 0. The van der Waals surface area contributed by atoms with Gasteiger partial charge >= 0.3 is 11.9 Å².